The Morgan fingerprint density at radius 1 is 1.06 bits per heavy atom. The third kappa shape index (κ3) is 6.92. The summed E-state index contributed by atoms with van der Waals surface area (Å²) in [6.45, 7) is 4.89. The maximum atomic E-state index is 12.2. The Balaban J connectivity index is 1.53. The van der Waals surface area contributed by atoms with Crippen LogP contribution in [0.2, 0.25) is 0 Å². The van der Waals surface area contributed by atoms with E-state index >= 15 is 0 Å². The summed E-state index contributed by atoms with van der Waals surface area (Å²) < 4.78 is 11.6. The number of benzene rings is 1. The van der Waals surface area contributed by atoms with Crippen molar-refractivity contribution >= 4 is 17.4 Å². The largest absolute Gasteiger partial charge is 0.493 e. The van der Waals surface area contributed by atoms with Crippen LogP contribution >= 0.6 is 11.3 Å². The fraction of sp³-hybridized carbons (Fsp3) is 0.400. The average Bonchev–Trinajstić information content (AvgIpc) is 3.10. The first-order valence-electron chi connectivity index (χ1n) is 11.3. The van der Waals surface area contributed by atoms with E-state index < -0.39 is 11.0 Å². The first-order valence-corrected chi connectivity index (χ1v) is 12.1. The van der Waals surface area contributed by atoms with Crippen molar-refractivity contribution in [1.29, 1.82) is 0 Å². The fourth-order valence-electron chi connectivity index (χ4n) is 3.23. The molecule has 0 amide bonds. The normalized spacial score (nSPS) is 10.8. The number of hydrogen-bond donors (Lipinski definition) is 1. The molecule has 7 nitrogen and oxygen atoms in total. The van der Waals surface area contributed by atoms with Crippen LogP contribution in [0.25, 0.3) is 0 Å². The van der Waals surface area contributed by atoms with Crippen LogP contribution in [0, 0.1) is 0 Å². The van der Waals surface area contributed by atoms with Crippen molar-refractivity contribution in [2.75, 3.05) is 13.2 Å². The SMILES string of the molecule is CCCCCOC(=O)n1c(O)c(Cc2ccc(OCCc3ccc(CC)cn3)cc2)sc1=O. The predicted molar refractivity (Wildman–Crippen MR) is 129 cm³/mol. The lowest BCUT2D eigenvalue weighted by molar-refractivity contribution is 0.142. The highest BCUT2D eigenvalue weighted by molar-refractivity contribution is 7.09. The summed E-state index contributed by atoms with van der Waals surface area (Å²) in [5, 5.41) is 10.4. The molecule has 2 aromatic heterocycles. The fourth-order valence-corrected chi connectivity index (χ4v) is 4.12. The first kappa shape index (κ1) is 24.5. The molecule has 1 N–H and O–H groups in total. The molecule has 0 fully saturated rings. The van der Waals surface area contributed by atoms with Gasteiger partial charge in [0.15, 0.2) is 0 Å². The van der Waals surface area contributed by atoms with Crippen LogP contribution in [0.5, 0.6) is 11.6 Å². The summed E-state index contributed by atoms with van der Waals surface area (Å²) in [4.78, 5) is 28.7. The van der Waals surface area contributed by atoms with Gasteiger partial charge in [0.1, 0.15) is 5.75 Å². The third-order valence-corrected chi connectivity index (χ3v) is 6.15. The van der Waals surface area contributed by atoms with Crippen LogP contribution in [-0.4, -0.2) is 34.0 Å². The molecule has 3 rings (SSSR count). The molecule has 0 saturated carbocycles. The molecular formula is C25H30N2O5S. The number of aromatic hydroxyl groups is 1. The highest BCUT2D eigenvalue weighted by Crippen LogP contribution is 2.24. The van der Waals surface area contributed by atoms with Gasteiger partial charge in [-0.3, -0.25) is 9.78 Å². The van der Waals surface area contributed by atoms with Crippen LogP contribution in [0.1, 0.15) is 54.8 Å². The number of aromatic nitrogens is 2. The average molecular weight is 471 g/mol. The van der Waals surface area contributed by atoms with Crippen LogP contribution in [0.4, 0.5) is 4.79 Å². The van der Waals surface area contributed by atoms with E-state index in [0.29, 0.717) is 22.5 Å². The zero-order valence-corrected chi connectivity index (χ0v) is 19.9. The Labute approximate surface area is 197 Å². The number of ether oxygens (including phenoxy) is 2. The molecular weight excluding hydrogens is 440 g/mol. The Morgan fingerprint density at radius 2 is 1.82 bits per heavy atom. The molecule has 0 aliphatic heterocycles. The number of carbonyl (C=O) groups excluding carboxylic acids is 1. The van der Waals surface area contributed by atoms with Crippen LogP contribution in [0.15, 0.2) is 47.4 Å². The Hall–Kier alpha value is -3.13. The second-order valence-electron chi connectivity index (χ2n) is 7.70. The summed E-state index contributed by atoms with van der Waals surface area (Å²) in [5.74, 6) is 0.377. The van der Waals surface area contributed by atoms with E-state index in [0.717, 1.165) is 60.4 Å². The summed E-state index contributed by atoms with van der Waals surface area (Å²) >= 11 is 0.844. The van der Waals surface area contributed by atoms with E-state index in [1.54, 1.807) is 0 Å². The highest BCUT2D eigenvalue weighted by Gasteiger charge is 2.20. The molecule has 0 aliphatic rings. The second-order valence-corrected chi connectivity index (χ2v) is 8.75. The van der Waals surface area contributed by atoms with Gasteiger partial charge in [-0.1, -0.05) is 56.2 Å². The molecule has 1 aromatic carbocycles. The van der Waals surface area contributed by atoms with E-state index in [1.807, 2.05) is 43.5 Å². The topological polar surface area (TPSA) is 90.7 Å². The molecule has 0 radical (unpaired) electrons. The molecule has 8 heteroatoms. The minimum Gasteiger partial charge on any atom is -0.493 e. The summed E-state index contributed by atoms with van der Waals surface area (Å²) in [7, 11) is 0. The van der Waals surface area contributed by atoms with E-state index in [9.17, 15) is 14.7 Å². The van der Waals surface area contributed by atoms with Crippen molar-refractivity contribution < 1.29 is 19.4 Å². The third-order valence-electron chi connectivity index (χ3n) is 5.22. The van der Waals surface area contributed by atoms with Gasteiger partial charge in [0.25, 0.3) is 0 Å². The number of hydrogen-bond acceptors (Lipinski definition) is 7. The maximum Gasteiger partial charge on any atom is 0.424 e. The van der Waals surface area contributed by atoms with Gasteiger partial charge in [-0.2, -0.15) is 4.57 Å². The van der Waals surface area contributed by atoms with E-state index in [4.69, 9.17) is 9.47 Å². The molecule has 0 aliphatic carbocycles. The Morgan fingerprint density at radius 3 is 2.48 bits per heavy atom. The van der Waals surface area contributed by atoms with Crippen LogP contribution in [-0.2, 0) is 24.0 Å². The summed E-state index contributed by atoms with van der Waals surface area (Å²) in [6, 6.07) is 11.6. The smallest absolute Gasteiger partial charge is 0.424 e. The van der Waals surface area contributed by atoms with E-state index in [2.05, 4.69) is 18.0 Å². The van der Waals surface area contributed by atoms with Crippen molar-refractivity contribution in [2.24, 2.45) is 0 Å². The molecule has 176 valence electrons. The first-order chi connectivity index (χ1) is 16.0. The van der Waals surface area contributed by atoms with Gasteiger partial charge in [-0.25, -0.2) is 4.79 Å². The highest BCUT2D eigenvalue weighted by atomic mass is 32.1. The Bertz CT molecular complexity index is 1090. The number of nitrogens with zero attached hydrogens (tertiary/aromatic N) is 2. The van der Waals surface area contributed by atoms with Crippen molar-refractivity contribution in [3.63, 3.8) is 0 Å². The zero-order chi connectivity index (χ0) is 23.6. The number of unbranched alkanes of at least 4 members (excludes halogenated alkanes) is 2. The quantitative estimate of drug-likeness (QED) is 0.398. The molecule has 3 aromatic rings. The number of carbonyl (C=O) groups is 1. The van der Waals surface area contributed by atoms with Gasteiger partial charge in [0, 0.05) is 24.7 Å². The lowest BCUT2D eigenvalue weighted by Gasteiger charge is -2.08. The second kappa shape index (κ2) is 12.2. The Kier molecular flexibility index (Phi) is 9.06. The van der Waals surface area contributed by atoms with Crippen molar-refractivity contribution in [3.8, 4) is 11.6 Å². The standard InChI is InChI=1S/C25H30N2O5S/c1-3-5-6-14-32-24(29)27-23(28)22(33-25(27)30)16-19-8-11-21(12-9-19)31-15-13-20-10-7-18(4-2)17-26-20/h7-12,17,28H,3-6,13-16H2,1-2H3. The van der Waals surface area contributed by atoms with Gasteiger partial charge in [0.2, 0.25) is 5.88 Å². The predicted octanol–water partition coefficient (Wildman–Crippen LogP) is 4.96. The lowest BCUT2D eigenvalue weighted by atomic mass is 10.1. The monoisotopic (exact) mass is 470 g/mol. The number of thiazole rings is 1. The molecule has 33 heavy (non-hydrogen) atoms. The van der Waals surface area contributed by atoms with Crippen molar-refractivity contribution in [2.45, 2.75) is 52.4 Å². The van der Waals surface area contributed by atoms with Gasteiger partial charge in [0.05, 0.1) is 18.1 Å². The maximum absolute atomic E-state index is 12.2. The molecule has 0 bridgehead atoms. The number of pyridine rings is 1. The molecule has 0 spiro atoms. The van der Waals surface area contributed by atoms with E-state index in [1.165, 1.54) is 5.56 Å². The van der Waals surface area contributed by atoms with Crippen LogP contribution < -0.4 is 9.61 Å². The van der Waals surface area contributed by atoms with Crippen LogP contribution in [0.3, 0.4) is 0 Å². The lowest BCUT2D eigenvalue weighted by Crippen LogP contribution is -2.23. The van der Waals surface area contributed by atoms with Gasteiger partial charge in [-0.15, -0.1) is 0 Å². The van der Waals surface area contributed by atoms with Crippen molar-refractivity contribution in [3.05, 3.63) is 74.0 Å². The number of aryl methyl sites for hydroxylation is 1. The molecule has 0 unspecified atom stereocenters. The molecule has 0 saturated heterocycles. The number of rotatable bonds is 11. The summed E-state index contributed by atoms with van der Waals surface area (Å²) in [5.41, 5.74) is 3.09. The van der Waals surface area contributed by atoms with Gasteiger partial charge >= 0.3 is 11.0 Å². The zero-order valence-electron chi connectivity index (χ0n) is 19.1. The molecule has 2 heterocycles. The van der Waals surface area contributed by atoms with E-state index in [-0.39, 0.29) is 12.5 Å². The van der Waals surface area contributed by atoms with Gasteiger partial charge < -0.3 is 14.6 Å². The van der Waals surface area contributed by atoms with Crippen molar-refractivity contribution in [1.82, 2.24) is 9.55 Å². The minimum absolute atomic E-state index is 0.227. The summed E-state index contributed by atoms with van der Waals surface area (Å²) in [6.07, 6.45) is 5.74. The molecule has 0 atom stereocenters. The van der Waals surface area contributed by atoms with Gasteiger partial charge in [-0.05, 0) is 42.2 Å². The minimum atomic E-state index is -0.835.